The summed E-state index contributed by atoms with van der Waals surface area (Å²) in [5.74, 6) is -0.539. The molecule has 0 saturated carbocycles. The molecule has 0 aromatic carbocycles. The predicted molar refractivity (Wildman–Crippen MR) is 250 cm³/mol. The van der Waals surface area contributed by atoms with Crippen molar-refractivity contribution >= 4 is 11.9 Å². The normalized spacial score (nSPS) is 13.8. The van der Waals surface area contributed by atoms with Crippen LogP contribution in [0.3, 0.4) is 0 Å². The molecule has 0 spiro atoms. The highest BCUT2D eigenvalue weighted by atomic mass is 16.5. The fraction of sp³-hybridized carbons (Fsp3) is 0.769. The van der Waals surface area contributed by atoms with Crippen molar-refractivity contribution in [3.05, 3.63) is 60.8 Å². The molecule has 0 aromatic rings. The lowest BCUT2D eigenvalue weighted by Crippen LogP contribution is -2.46. The summed E-state index contributed by atoms with van der Waals surface area (Å²) in [5.41, 5.74) is 0. The molecule has 1 amide bonds. The molecule has 0 fully saturated rings. The number of esters is 1. The number of unbranched alkanes of at least 4 members (excludes halogenated alkanes) is 24. The van der Waals surface area contributed by atoms with E-state index >= 15 is 0 Å². The Morgan fingerprint density at radius 1 is 0.517 bits per heavy atom. The molecular formula is C52H93NO5. The van der Waals surface area contributed by atoms with E-state index in [0.717, 1.165) is 83.5 Å². The van der Waals surface area contributed by atoms with Crippen molar-refractivity contribution in [3.8, 4) is 0 Å². The second kappa shape index (κ2) is 45.6. The number of hydrogen-bond acceptors (Lipinski definition) is 5. The summed E-state index contributed by atoms with van der Waals surface area (Å²) < 4.78 is 5.87. The Balaban J connectivity index is 4.49. The van der Waals surface area contributed by atoms with E-state index in [2.05, 4.69) is 56.5 Å². The molecule has 0 heterocycles. The van der Waals surface area contributed by atoms with Gasteiger partial charge in [0.1, 0.15) is 6.10 Å². The van der Waals surface area contributed by atoms with Crippen LogP contribution in [0.4, 0.5) is 0 Å². The van der Waals surface area contributed by atoms with Gasteiger partial charge in [-0.3, -0.25) is 9.59 Å². The van der Waals surface area contributed by atoms with Crippen molar-refractivity contribution in [2.24, 2.45) is 0 Å². The highest BCUT2D eigenvalue weighted by molar-refractivity contribution is 5.77. The maximum atomic E-state index is 13.1. The molecule has 0 aliphatic rings. The van der Waals surface area contributed by atoms with Crippen LogP contribution in [0.2, 0.25) is 0 Å². The molecule has 0 saturated heterocycles. The number of ether oxygens (including phenoxy) is 1. The van der Waals surface area contributed by atoms with Gasteiger partial charge in [0.25, 0.3) is 0 Å². The molecule has 3 unspecified atom stereocenters. The quantitative estimate of drug-likeness (QED) is 0.0247. The fourth-order valence-electron chi connectivity index (χ4n) is 7.19. The largest absolute Gasteiger partial charge is 0.462 e. The van der Waals surface area contributed by atoms with Crippen molar-refractivity contribution in [2.45, 2.75) is 251 Å². The SMILES string of the molecule is CC/C=C/C=C/C=C\C=C/CCCCCC(=O)OC(CCCCC/C=C\CCCC)CC(=O)NC(CO)C(O)CCCCCCCCCCCCCCCCCCC. The third-order valence-electron chi connectivity index (χ3n) is 10.9. The molecule has 0 aromatic heterocycles. The minimum absolute atomic E-state index is 0.0490. The lowest BCUT2D eigenvalue weighted by molar-refractivity contribution is -0.151. The number of amides is 1. The van der Waals surface area contributed by atoms with Crippen LogP contribution in [-0.2, 0) is 14.3 Å². The standard InChI is InChI=1S/C52H93NO5/c1-4-7-10-13-16-19-21-23-24-25-26-28-29-32-35-38-41-44-50(55)49(47-54)53-51(56)46-48(43-40-37-34-31-18-15-12-9-6-3)58-52(57)45-42-39-36-33-30-27-22-20-17-14-11-8-5-2/h8,11,14-15,17-18,20,22,27,30,48-50,54-55H,4-7,9-10,12-13,16,19,21,23-26,28-29,31-47H2,1-3H3,(H,53,56)/b11-8+,17-14+,18-15-,22-20-,30-27-. The van der Waals surface area contributed by atoms with Crippen LogP contribution in [0.15, 0.2) is 60.8 Å². The second-order valence-corrected chi connectivity index (χ2v) is 16.6. The number of allylic oxidation sites excluding steroid dienone is 10. The second-order valence-electron chi connectivity index (χ2n) is 16.6. The molecule has 0 rings (SSSR count). The number of aliphatic hydroxyl groups is 2. The van der Waals surface area contributed by atoms with Gasteiger partial charge in [-0.1, -0.05) is 216 Å². The first-order valence-electron chi connectivity index (χ1n) is 24.6. The van der Waals surface area contributed by atoms with Gasteiger partial charge in [0.05, 0.1) is 25.2 Å². The van der Waals surface area contributed by atoms with Gasteiger partial charge in [-0.05, 0) is 64.2 Å². The number of carbonyl (C=O) groups excluding carboxylic acids is 2. The van der Waals surface area contributed by atoms with Gasteiger partial charge in [0.15, 0.2) is 0 Å². The van der Waals surface area contributed by atoms with E-state index in [1.54, 1.807) is 0 Å². The Kier molecular flexibility index (Phi) is 43.7. The van der Waals surface area contributed by atoms with Crippen LogP contribution in [0.5, 0.6) is 0 Å². The number of aliphatic hydroxyl groups excluding tert-OH is 2. The van der Waals surface area contributed by atoms with Crippen LogP contribution in [0, 0.1) is 0 Å². The first-order valence-corrected chi connectivity index (χ1v) is 24.6. The fourth-order valence-corrected chi connectivity index (χ4v) is 7.19. The van der Waals surface area contributed by atoms with Gasteiger partial charge in [-0.15, -0.1) is 0 Å². The van der Waals surface area contributed by atoms with Crippen LogP contribution in [0.25, 0.3) is 0 Å². The molecule has 3 N–H and O–H groups in total. The van der Waals surface area contributed by atoms with Gasteiger partial charge >= 0.3 is 5.97 Å². The van der Waals surface area contributed by atoms with Gasteiger partial charge < -0.3 is 20.3 Å². The summed E-state index contributed by atoms with van der Waals surface area (Å²) in [5, 5.41) is 23.7. The van der Waals surface area contributed by atoms with Crippen LogP contribution >= 0.6 is 0 Å². The van der Waals surface area contributed by atoms with E-state index in [-0.39, 0.29) is 24.9 Å². The van der Waals surface area contributed by atoms with E-state index < -0.39 is 18.2 Å². The summed E-state index contributed by atoms with van der Waals surface area (Å²) in [6.07, 6.45) is 55.8. The zero-order valence-electron chi connectivity index (χ0n) is 38.2. The summed E-state index contributed by atoms with van der Waals surface area (Å²) >= 11 is 0. The number of rotatable bonds is 43. The zero-order chi connectivity index (χ0) is 42.4. The van der Waals surface area contributed by atoms with Crippen molar-refractivity contribution in [1.82, 2.24) is 5.32 Å². The van der Waals surface area contributed by atoms with E-state index in [4.69, 9.17) is 4.74 Å². The Morgan fingerprint density at radius 3 is 1.52 bits per heavy atom. The molecular weight excluding hydrogens is 719 g/mol. The maximum Gasteiger partial charge on any atom is 0.306 e. The van der Waals surface area contributed by atoms with Crippen molar-refractivity contribution < 1.29 is 24.5 Å². The predicted octanol–water partition coefficient (Wildman–Crippen LogP) is 14.5. The Labute approximate surface area is 358 Å². The van der Waals surface area contributed by atoms with Crippen molar-refractivity contribution in [2.75, 3.05) is 6.61 Å². The number of carbonyl (C=O) groups is 2. The maximum absolute atomic E-state index is 13.1. The minimum Gasteiger partial charge on any atom is -0.462 e. The Hall–Kier alpha value is -2.44. The van der Waals surface area contributed by atoms with Crippen LogP contribution < -0.4 is 5.32 Å². The molecule has 6 heteroatoms. The van der Waals surface area contributed by atoms with Gasteiger partial charge in [-0.2, -0.15) is 0 Å². The molecule has 0 radical (unpaired) electrons. The van der Waals surface area contributed by atoms with E-state index in [1.807, 2.05) is 30.4 Å². The first-order chi connectivity index (χ1) is 28.5. The monoisotopic (exact) mass is 812 g/mol. The highest BCUT2D eigenvalue weighted by Crippen LogP contribution is 2.17. The molecule has 6 nitrogen and oxygen atoms in total. The van der Waals surface area contributed by atoms with Crippen molar-refractivity contribution in [1.29, 1.82) is 0 Å². The van der Waals surface area contributed by atoms with Crippen LogP contribution in [-0.4, -0.2) is 46.9 Å². The summed E-state index contributed by atoms with van der Waals surface area (Å²) in [6, 6.07) is -0.714. The highest BCUT2D eigenvalue weighted by Gasteiger charge is 2.24. The van der Waals surface area contributed by atoms with Gasteiger partial charge in [0.2, 0.25) is 5.91 Å². The third-order valence-corrected chi connectivity index (χ3v) is 10.9. The first kappa shape index (κ1) is 55.6. The van der Waals surface area contributed by atoms with Gasteiger partial charge in [0, 0.05) is 6.42 Å². The average molecular weight is 812 g/mol. The smallest absolute Gasteiger partial charge is 0.306 e. The lowest BCUT2D eigenvalue weighted by Gasteiger charge is -2.24. The average Bonchev–Trinajstić information content (AvgIpc) is 3.22. The summed E-state index contributed by atoms with van der Waals surface area (Å²) in [7, 11) is 0. The number of hydrogen-bond donors (Lipinski definition) is 3. The number of nitrogens with one attached hydrogen (secondary N) is 1. The van der Waals surface area contributed by atoms with Crippen molar-refractivity contribution in [3.63, 3.8) is 0 Å². The van der Waals surface area contributed by atoms with E-state index in [9.17, 15) is 19.8 Å². The Bertz CT molecular complexity index is 1050. The Morgan fingerprint density at radius 2 is 0.966 bits per heavy atom. The van der Waals surface area contributed by atoms with Crippen LogP contribution in [0.1, 0.15) is 233 Å². The summed E-state index contributed by atoms with van der Waals surface area (Å²) in [6.45, 7) is 6.28. The van der Waals surface area contributed by atoms with E-state index in [0.29, 0.717) is 19.3 Å². The molecule has 0 aliphatic carbocycles. The molecule has 0 aliphatic heterocycles. The molecule has 336 valence electrons. The minimum atomic E-state index is -0.799. The van der Waals surface area contributed by atoms with Gasteiger partial charge in [-0.25, -0.2) is 0 Å². The lowest BCUT2D eigenvalue weighted by atomic mass is 10.0. The summed E-state index contributed by atoms with van der Waals surface area (Å²) in [4.78, 5) is 26.0. The van der Waals surface area contributed by atoms with E-state index in [1.165, 1.54) is 103 Å². The molecule has 0 bridgehead atoms. The zero-order valence-corrected chi connectivity index (χ0v) is 38.2. The third kappa shape index (κ3) is 40.3. The topological polar surface area (TPSA) is 95.9 Å². The molecule has 58 heavy (non-hydrogen) atoms. The molecule has 3 atom stereocenters.